The molecule has 0 unspecified atom stereocenters. The van der Waals surface area contributed by atoms with Gasteiger partial charge >= 0.3 is 5.69 Å². The van der Waals surface area contributed by atoms with Crippen LogP contribution >= 0.6 is 0 Å². The van der Waals surface area contributed by atoms with E-state index in [4.69, 9.17) is 0 Å². The largest absolute Gasteiger partial charge is 0.342 e. The van der Waals surface area contributed by atoms with Gasteiger partial charge in [0, 0.05) is 20.6 Å². The molecule has 1 aromatic heterocycles. The maximum atomic E-state index is 12.3. The van der Waals surface area contributed by atoms with E-state index < -0.39 is 0 Å². The predicted molar refractivity (Wildman–Crippen MR) is 96.9 cm³/mol. The van der Waals surface area contributed by atoms with Crippen molar-refractivity contribution >= 4 is 11.5 Å². The van der Waals surface area contributed by atoms with E-state index in [1.807, 2.05) is 16.8 Å². The van der Waals surface area contributed by atoms with Crippen molar-refractivity contribution in [3.8, 4) is 0 Å². The first-order valence-electron chi connectivity index (χ1n) is 8.07. The number of aromatic amines is 1. The highest BCUT2D eigenvalue weighted by Gasteiger charge is 2.29. The minimum Gasteiger partial charge on any atom is -0.342 e. The summed E-state index contributed by atoms with van der Waals surface area (Å²) in [6.07, 6.45) is 0. The van der Waals surface area contributed by atoms with Crippen molar-refractivity contribution in [3.63, 3.8) is 0 Å². The quantitative estimate of drug-likeness (QED) is 0.913. The number of nitrogens with one attached hydrogen (secondary N) is 1. The molecule has 0 amide bonds. The van der Waals surface area contributed by atoms with Gasteiger partial charge in [0.25, 0.3) is 5.56 Å². The highest BCUT2D eigenvalue weighted by Crippen LogP contribution is 2.31. The van der Waals surface area contributed by atoms with E-state index >= 15 is 0 Å². The molecule has 1 aromatic carbocycles. The molecule has 1 aliphatic rings. The van der Waals surface area contributed by atoms with Gasteiger partial charge < -0.3 is 9.80 Å². The Labute approximate surface area is 141 Å². The molecule has 128 valence electrons. The zero-order chi connectivity index (χ0) is 17.6. The highest BCUT2D eigenvalue weighted by molar-refractivity contribution is 5.71. The fourth-order valence-electron chi connectivity index (χ4n) is 3.17. The second-order valence-electron chi connectivity index (χ2n) is 7.47. The summed E-state index contributed by atoms with van der Waals surface area (Å²) in [4.78, 5) is 30.4. The van der Waals surface area contributed by atoms with Gasteiger partial charge in [-0.05, 0) is 16.5 Å². The molecule has 0 spiro atoms. The first-order valence-corrected chi connectivity index (χ1v) is 8.07. The summed E-state index contributed by atoms with van der Waals surface area (Å²) in [7, 11) is 3.57. The molecule has 2 aromatic rings. The second kappa shape index (κ2) is 5.54. The normalized spacial score (nSPS) is 14.2. The van der Waals surface area contributed by atoms with Crippen molar-refractivity contribution in [3.05, 3.63) is 56.2 Å². The molecule has 0 bridgehead atoms. The average Bonchev–Trinajstić information content (AvgIpc) is 2.81. The lowest BCUT2D eigenvalue weighted by atomic mass is 9.87. The number of H-pyrrole nitrogens is 1. The molecule has 0 radical (unpaired) electrons. The van der Waals surface area contributed by atoms with Crippen LogP contribution in [0.5, 0.6) is 0 Å². The van der Waals surface area contributed by atoms with Crippen molar-refractivity contribution in [2.45, 2.75) is 32.7 Å². The predicted octanol–water partition coefficient (Wildman–Crippen LogP) is 1.78. The molecule has 24 heavy (non-hydrogen) atoms. The van der Waals surface area contributed by atoms with E-state index in [1.54, 1.807) is 7.05 Å². The summed E-state index contributed by atoms with van der Waals surface area (Å²) in [6, 6.07) is 8.49. The summed E-state index contributed by atoms with van der Waals surface area (Å²) in [5.41, 5.74) is 2.38. The first-order chi connectivity index (χ1) is 11.2. The Morgan fingerprint density at radius 3 is 2.29 bits per heavy atom. The van der Waals surface area contributed by atoms with Gasteiger partial charge in [0.2, 0.25) is 0 Å². The number of benzene rings is 1. The molecule has 0 saturated heterocycles. The fourth-order valence-corrected chi connectivity index (χ4v) is 3.17. The number of nitrogens with zero attached hydrogens (tertiary/aromatic N) is 3. The molecular formula is C18H24N4O2. The first kappa shape index (κ1) is 16.4. The van der Waals surface area contributed by atoms with Gasteiger partial charge in [0.05, 0.1) is 6.67 Å². The van der Waals surface area contributed by atoms with Crippen molar-refractivity contribution in [1.29, 1.82) is 0 Å². The Morgan fingerprint density at radius 2 is 1.71 bits per heavy atom. The minimum atomic E-state index is -0.387. The smallest absolute Gasteiger partial charge is 0.329 e. The Kier molecular flexibility index (Phi) is 3.78. The van der Waals surface area contributed by atoms with Crippen LogP contribution in [0.3, 0.4) is 0 Å². The van der Waals surface area contributed by atoms with E-state index in [0.29, 0.717) is 24.7 Å². The maximum Gasteiger partial charge on any atom is 0.329 e. The maximum absolute atomic E-state index is 12.3. The molecule has 2 heterocycles. The van der Waals surface area contributed by atoms with Crippen molar-refractivity contribution in [2.24, 2.45) is 7.05 Å². The van der Waals surface area contributed by atoms with Gasteiger partial charge in [0.15, 0.2) is 0 Å². The van der Waals surface area contributed by atoms with Gasteiger partial charge in [0.1, 0.15) is 11.5 Å². The number of hydrogen-bond donors (Lipinski definition) is 1. The molecule has 6 nitrogen and oxygen atoms in total. The third-order valence-electron chi connectivity index (χ3n) is 4.52. The van der Waals surface area contributed by atoms with Crippen LogP contribution in [0.2, 0.25) is 0 Å². The topological polar surface area (TPSA) is 61.3 Å². The molecule has 0 atom stereocenters. The monoisotopic (exact) mass is 328 g/mol. The molecular weight excluding hydrogens is 304 g/mol. The van der Waals surface area contributed by atoms with Crippen LogP contribution in [0.15, 0.2) is 33.9 Å². The lowest BCUT2D eigenvalue weighted by molar-refractivity contribution is 0.590. The lowest BCUT2D eigenvalue weighted by Gasteiger charge is -2.21. The fraction of sp³-hybridized carbons (Fsp3) is 0.444. The van der Waals surface area contributed by atoms with Crippen LogP contribution in [-0.2, 0) is 19.0 Å². The molecule has 1 N–H and O–H groups in total. The Bertz CT molecular complexity index is 872. The molecule has 3 rings (SSSR count). The number of fused-ring (bicyclic) bond motifs is 1. The van der Waals surface area contributed by atoms with Crippen LogP contribution < -0.4 is 21.0 Å². The summed E-state index contributed by atoms with van der Waals surface area (Å²) in [6.45, 7) is 7.77. The van der Waals surface area contributed by atoms with Gasteiger partial charge in [-0.1, -0.05) is 45.0 Å². The van der Waals surface area contributed by atoms with Gasteiger partial charge in [-0.15, -0.1) is 0 Å². The lowest BCUT2D eigenvalue weighted by Crippen LogP contribution is -2.32. The highest BCUT2D eigenvalue weighted by atomic mass is 16.2. The van der Waals surface area contributed by atoms with Gasteiger partial charge in [-0.25, -0.2) is 4.79 Å². The Hall–Kier alpha value is -2.50. The zero-order valence-corrected chi connectivity index (χ0v) is 14.9. The molecule has 0 aliphatic carbocycles. The SMILES string of the molecule is CN1CN(Cc2ccc(C(C)(C)C)cc2)c2c1n(C)c(=O)[nH]c2=O. The van der Waals surface area contributed by atoms with E-state index in [0.717, 1.165) is 5.56 Å². The summed E-state index contributed by atoms with van der Waals surface area (Å²) in [5, 5.41) is 0. The van der Waals surface area contributed by atoms with Crippen LogP contribution in [0, 0.1) is 0 Å². The van der Waals surface area contributed by atoms with Crippen LogP contribution in [0.4, 0.5) is 11.5 Å². The number of anilines is 2. The summed E-state index contributed by atoms with van der Waals surface area (Å²) >= 11 is 0. The number of aromatic nitrogens is 2. The van der Waals surface area contributed by atoms with Crippen LogP contribution in [-0.4, -0.2) is 23.3 Å². The van der Waals surface area contributed by atoms with Crippen molar-refractivity contribution in [1.82, 2.24) is 9.55 Å². The summed E-state index contributed by atoms with van der Waals surface area (Å²) in [5.74, 6) is 0.662. The van der Waals surface area contributed by atoms with Crippen LogP contribution in [0.1, 0.15) is 31.9 Å². The van der Waals surface area contributed by atoms with E-state index in [2.05, 4.69) is 50.0 Å². The van der Waals surface area contributed by atoms with Crippen LogP contribution in [0.25, 0.3) is 0 Å². The third-order valence-corrected chi connectivity index (χ3v) is 4.52. The number of hydrogen-bond acceptors (Lipinski definition) is 4. The Morgan fingerprint density at radius 1 is 1.08 bits per heavy atom. The Balaban J connectivity index is 1.93. The average molecular weight is 328 g/mol. The van der Waals surface area contributed by atoms with E-state index in [-0.39, 0.29) is 16.7 Å². The molecule has 0 saturated carbocycles. The zero-order valence-electron chi connectivity index (χ0n) is 14.9. The van der Waals surface area contributed by atoms with E-state index in [9.17, 15) is 9.59 Å². The second-order valence-corrected chi connectivity index (χ2v) is 7.47. The molecule has 0 fully saturated rings. The van der Waals surface area contributed by atoms with Crippen molar-refractivity contribution < 1.29 is 0 Å². The standard InChI is InChI=1S/C18H24N4O2/c1-18(2,3)13-8-6-12(7-9-13)10-22-11-20(4)16-14(22)15(23)19-17(24)21(16)5/h6-9H,10-11H2,1-5H3,(H,19,23,24). The summed E-state index contributed by atoms with van der Waals surface area (Å²) < 4.78 is 1.49. The number of rotatable bonds is 2. The van der Waals surface area contributed by atoms with Gasteiger partial charge in [-0.2, -0.15) is 0 Å². The van der Waals surface area contributed by atoms with Crippen molar-refractivity contribution in [2.75, 3.05) is 23.5 Å². The molecule has 6 heteroatoms. The van der Waals surface area contributed by atoms with Gasteiger partial charge in [-0.3, -0.25) is 14.3 Å². The molecule has 1 aliphatic heterocycles. The third kappa shape index (κ3) is 2.72. The van der Waals surface area contributed by atoms with E-state index in [1.165, 1.54) is 10.1 Å². The minimum absolute atomic E-state index is 0.119.